The molecule has 2 heterocycles. The molecular weight excluding hydrogens is 519 g/mol. The van der Waals surface area contributed by atoms with Crippen LogP contribution in [-0.4, -0.2) is 31.3 Å². The summed E-state index contributed by atoms with van der Waals surface area (Å²) in [6, 6.07) is 12.1. The smallest absolute Gasteiger partial charge is 0.442 e. The highest BCUT2D eigenvalue weighted by Crippen LogP contribution is 2.33. The number of halogens is 2. The summed E-state index contributed by atoms with van der Waals surface area (Å²) in [6.07, 6.45) is 5.15. The molecule has 12 heteroatoms. The first-order valence-corrected chi connectivity index (χ1v) is 11.6. The lowest BCUT2D eigenvalue weighted by molar-refractivity contribution is 0.370. The maximum Gasteiger partial charge on any atom is 0.442 e. The molecule has 0 fully saturated rings. The lowest BCUT2D eigenvalue weighted by Gasteiger charge is -2.11. The summed E-state index contributed by atoms with van der Waals surface area (Å²) >= 11 is 12.2. The van der Waals surface area contributed by atoms with E-state index in [0.29, 0.717) is 28.7 Å². The number of nitrogen functional groups attached to an aromatic ring is 1. The Bertz CT molecular complexity index is 1560. The van der Waals surface area contributed by atoms with Gasteiger partial charge in [-0.05, 0) is 13.0 Å². The number of terminal acetylenes is 1. The first-order chi connectivity index (χ1) is 17.4. The van der Waals surface area contributed by atoms with E-state index < -0.39 is 11.2 Å². The summed E-state index contributed by atoms with van der Waals surface area (Å²) in [5.41, 5.74) is 0.542. The molecule has 37 heavy (non-hydrogen) atoms. The Morgan fingerprint density at radius 3 is 2.38 bits per heavy atom. The lowest BCUT2D eigenvalue weighted by atomic mass is 9.97. The van der Waals surface area contributed by atoms with Crippen molar-refractivity contribution in [3.8, 4) is 35.0 Å². The fourth-order valence-corrected chi connectivity index (χ4v) is 3.41. The van der Waals surface area contributed by atoms with E-state index in [4.69, 9.17) is 44.6 Å². The third-order valence-corrected chi connectivity index (χ3v) is 5.44. The highest BCUT2D eigenvalue weighted by atomic mass is 35.5. The van der Waals surface area contributed by atoms with Gasteiger partial charge in [-0.25, -0.2) is 9.47 Å². The highest BCUT2D eigenvalue weighted by Gasteiger charge is 2.24. The monoisotopic (exact) mass is 542 g/mol. The topological polar surface area (TPSA) is 131 Å². The number of rotatable bonds is 4. The largest absolute Gasteiger partial charge is 0.479 e. The number of nitrogens with two attached hydrogens (primary N) is 1. The molecule has 0 atom stereocenters. The van der Waals surface area contributed by atoms with Crippen molar-refractivity contribution in [2.75, 3.05) is 12.4 Å². The van der Waals surface area contributed by atoms with E-state index in [1.807, 2.05) is 39.0 Å². The van der Waals surface area contributed by atoms with Crippen molar-refractivity contribution in [1.29, 1.82) is 0 Å². The van der Waals surface area contributed by atoms with E-state index in [1.54, 1.807) is 19.1 Å². The van der Waals surface area contributed by atoms with Gasteiger partial charge in [0.25, 0.3) is 5.56 Å². The average Bonchev–Trinajstić information content (AvgIpc) is 3.25. The molecule has 2 N–H and O–H groups in total. The molecule has 192 valence electrons. The number of aryl methyl sites for hydroxylation is 1. The summed E-state index contributed by atoms with van der Waals surface area (Å²) < 4.78 is 12.6. The van der Waals surface area contributed by atoms with Crippen LogP contribution in [0.3, 0.4) is 0 Å². The Morgan fingerprint density at radius 1 is 1.11 bits per heavy atom. The summed E-state index contributed by atoms with van der Waals surface area (Å²) in [6.45, 7) is 7.32. The summed E-state index contributed by atoms with van der Waals surface area (Å²) in [5, 5.41) is 12.4. The van der Waals surface area contributed by atoms with Crippen LogP contribution in [0, 0.1) is 19.3 Å². The molecule has 0 spiro atoms. The summed E-state index contributed by atoms with van der Waals surface area (Å²) in [5.74, 6) is 8.22. The van der Waals surface area contributed by atoms with Crippen molar-refractivity contribution in [3.05, 3.63) is 85.1 Å². The molecule has 0 aliphatic carbocycles. The van der Waals surface area contributed by atoms with Gasteiger partial charge in [0.15, 0.2) is 11.5 Å². The van der Waals surface area contributed by atoms with Crippen LogP contribution in [0.4, 0.5) is 0 Å². The Labute approximate surface area is 222 Å². The zero-order chi connectivity index (χ0) is 27.3. The maximum absolute atomic E-state index is 12.0. The van der Waals surface area contributed by atoms with Crippen LogP contribution in [0.2, 0.25) is 10.0 Å². The van der Waals surface area contributed by atoms with E-state index in [2.05, 4.69) is 21.2 Å². The first-order valence-electron chi connectivity index (χ1n) is 10.9. The van der Waals surface area contributed by atoms with Crippen LogP contribution in [-0.2, 0) is 5.41 Å². The second-order valence-electron chi connectivity index (χ2n) is 8.70. The van der Waals surface area contributed by atoms with Crippen LogP contribution in [0.5, 0.6) is 5.75 Å². The van der Waals surface area contributed by atoms with Crippen LogP contribution in [0.1, 0.15) is 32.5 Å². The Balaban J connectivity index is 0.000000220. The van der Waals surface area contributed by atoms with Gasteiger partial charge >= 0.3 is 5.76 Å². The fraction of sp³-hybridized carbons (Fsp3) is 0.240. The minimum atomic E-state index is -0.642. The van der Waals surface area contributed by atoms with Gasteiger partial charge in [-0.3, -0.25) is 4.79 Å². The summed E-state index contributed by atoms with van der Waals surface area (Å²) in [4.78, 5) is 23.7. The number of ether oxygens (including phenoxy) is 1. The number of aromatic nitrogens is 5. The molecule has 0 unspecified atom stereocenters. The van der Waals surface area contributed by atoms with Crippen molar-refractivity contribution < 1.29 is 9.15 Å². The van der Waals surface area contributed by atoms with E-state index in [0.717, 1.165) is 9.36 Å². The third kappa shape index (κ3) is 6.39. The number of nitrogens with zero attached hydrogens (tertiary/aromatic N) is 5. The molecule has 0 aliphatic rings. The molecule has 4 rings (SSSR count). The maximum atomic E-state index is 12.0. The van der Waals surface area contributed by atoms with Crippen molar-refractivity contribution in [1.82, 2.24) is 24.7 Å². The minimum Gasteiger partial charge on any atom is -0.479 e. The minimum absolute atomic E-state index is 0.0434. The third-order valence-electron chi connectivity index (χ3n) is 4.84. The molecule has 10 nitrogen and oxygen atoms in total. The Kier molecular flexibility index (Phi) is 8.42. The van der Waals surface area contributed by atoms with Crippen molar-refractivity contribution >= 4 is 23.2 Å². The summed E-state index contributed by atoms with van der Waals surface area (Å²) in [7, 11) is 0. The zero-order valence-electron chi connectivity index (χ0n) is 20.5. The quantitative estimate of drug-likeness (QED) is 0.304. The first kappa shape index (κ1) is 27.5. The standard InChI is InChI=1S/C15H14Cl2N2O3.C10H10N4O/c1-5-6-21-12-8-11(9(16)7-10(12)17)19-14(20)22-13(18-19)15(2,3)4;1-7-12-13-9(10(15)14(7)11)8-5-3-2-4-6-8/h1,7-8H,6H2,2-4H3;2-6H,11H2,1H3. The second-order valence-corrected chi connectivity index (χ2v) is 9.51. The van der Waals surface area contributed by atoms with Gasteiger partial charge < -0.3 is 15.0 Å². The highest BCUT2D eigenvalue weighted by molar-refractivity contribution is 6.36. The van der Waals surface area contributed by atoms with E-state index in [-0.39, 0.29) is 27.9 Å². The Morgan fingerprint density at radius 2 is 1.78 bits per heavy atom. The van der Waals surface area contributed by atoms with Crippen molar-refractivity contribution in [2.45, 2.75) is 33.1 Å². The predicted octanol–water partition coefficient (Wildman–Crippen LogP) is 3.77. The van der Waals surface area contributed by atoms with Crippen LogP contribution >= 0.6 is 23.2 Å². The van der Waals surface area contributed by atoms with E-state index in [9.17, 15) is 9.59 Å². The van der Waals surface area contributed by atoms with Gasteiger partial charge in [0.2, 0.25) is 5.89 Å². The predicted molar refractivity (Wildman–Crippen MR) is 142 cm³/mol. The van der Waals surface area contributed by atoms with Crippen LogP contribution in [0.25, 0.3) is 16.9 Å². The number of hydrogen-bond donors (Lipinski definition) is 1. The molecule has 0 radical (unpaired) electrons. The molecule has 4 aromatic rings. The fourth-order valence-electron chi connectivity index (χ4n) is 2.90. The lowest BCUT2D eigenvalue weighted by Crippen LogP contribution is -2.32. The van der Waals surface area contributed by atoms with Crippen molar-refractivity contribution in [3.63, 3.8) is 0 Å². The Hall–Kier alpha value is -4.07. The molecule has 2 aromatic heterocycles. The average molecular weight is 543 g/mol. The van der Waals surface area contributed by atoms with Gasteiger partial charge in [0, 0.05) is 17.0 Å². The molecule has 2 aromatic carbocycles. The van der Waals surface area contributed by atoms with Gasteiger partial charge in [-0.2, -0.15) is 4.68 Å². The molecule has 0 bridgehead atoms. The van der Waals surface area contributed by atoms with E-state index >= 15 is 0 Å². The molecular formula is C25H24Cl2N6O4. The van der Waals surface area contributed by atoms with Gasteiger partial charge in [-0.1, -0.05) is 80.2 Å². The van der Waals surface area contributed by atoms with Crippen LogP contribution < -0.4 is 21.9 Å². The molecule has 0 saturated carbocycles. The number of hydrogen-bond acceptors (Lipinski definition) is 8. The normalized spacial score (nSPS) is 10.8. The number of benzene rings is 2. The van der Waals surface area contributed by atoms with Gasteiger partial charge in [-0.15, -0.1) is 21.7 Å². The zero-order valence-corrected chi connectivity index (χ0v) is 22.0. The van der Waals surface area contributed by atoms with Gasteiger partial charge in [0.1, 0.15) is 12.4 Å². The van der Waals surface area contributed by atoms with Gasteiger partial charge in [0.05, 0.1) is 15.7 Å². The van der Waals surface area contributed by atoms with Crippen molar-refractivity contribution in [2.24, 2.45) is 0 Å². The SMILES string of the molecule is C#CCOc1cc(-n2nc(C(C)(C)C)oc2=O)c(Cl)cc1Cl.Cc1nnc(-c2ccccc2)c(=O)n1N. The molecule has 0 aliphatic heterocycles. The molecule has 0 amide bonds. The molecule has 0 saturated heterocycles. The van der Waals surface area contributed by atoms with Crippen LogP contribution in [0.15, 0.2) is 56.5 Å². The van der Waals surface area contributed by atoms with E-state index in [1.165, 1.54) is 12.1 Å². The second kappa shape index (κ2) is 11.3.